The first-order chi connectivity index (χ1) is 15.2. The van der Waals surface area contributed by atoms with Crippen molar-refractivity contribution in [3.8, 4) is 0 Å². The lowest BCUT2D eigenvalue weighted by Crippen LogP contribution is -2.37. The minimum absolute atomic E-state index is 0. The number of guanidine groups is 1. The zero-order chi connectivity index (χ0) is 22.1. The van der Waals surface area contributed by atoms with Gasteiger partial charge in [0, 0.05) is 50.5 Å². The van der Waals surface area contributed by atoms with Crippen molar-refractivity contribution in [1.82, 2.24) is 15.8 Å². The summed E-state index contributed by atoms with van der Waals surface area (Å²) in [7, 11) is 0. The maximum atomic E-state index is 9.32. The predicted molar refractivity (Wildman–Crippen MR) is 141 cm³/mol. The van der Waals surface area contributed by atoms with Crippen LogP contribution in [0.3, 0.4) is 0 Å². The molecule has 2 aromatic rings. The monoisotopic (exact) mass is 555 g/mol. The highest BCUT2D eigenvalue weighted by Crippen LogP contribution is 2.23. The summed E-state index contributed by atoms with van der Waals surface area (Å²) >= 11 is 0. The van der Waals surface area contributed by atoms with Crippen molar-refractivity contribution in [2.75, 3.05) is 31.1 Å². The van der Waals surface area contributed by atoms with E-state index in [1.165, 1.54) is 11.3 Å². The SMILES string of the molecule is CCNC(=NCc1ccc(N2CCC(CO)CC2)cc1)NCc1c(CC)noc1CC.I. The van der Waals surface area contributed by atoms with Gasteiger partial charge in [0.1, 0.15) is 5.76 Å². The van der Waals surface area contributed by atoms with Crippen LogP contribution in [0.1, 0.15) is 56.2 Å². The lowest BCUT2D eigenvalue weighted by atomic mass is 9.97. The fourth-order valence-corrected chi connectivity index (χ4v) is 4.01. The average molecular weight is 556 g/mol. The molecule has 0 amide bonds. The number of aromatic nitrogens is 1. The highest BCUT2D eigenvalue weighted by Gasteiger charge is 2.18. The number of aliphatic hydroxyl groups is 1. The van der Waals surface area contributed by atoms with Crippen molar-refractivity contribution in [3.05, 3.63) is 46.8 Å². The first-order valence-corrected chi connectivity index (χ1v) is 11.6. The summed E-state index contributed by atoms with van der Waals surface area (Å²) in [6.45, 7) is 10.7. The molecular weight excluding hydrogens is 517 g/mol. The van der Waals surface area contributed by atoms with Crippen LogP contribution in [0, 0.1) is 5.92 Å². The Bertz CT molecular complexity index is 808. The number of aliphatic hydroxyl groups excluding tert-OH is 1. The molecule has 1 fully saturated rings. The van der Waals surface area contributed by atoms with Crippen LogP contribution in [0.2, 0.25) is 0 Å². The van der Waals surface area contributed by atoms with Gasteiger partial charge in [-0.05, 0) is 49.8 Å². The van der Waals surface area contributed by atoms with Crippen LogP contribution < -0.4 is 15.5 Å². The zero-order valence-electron chi connectivity index (χ0n) is 19.6. The van der Waals surface area contributed by atoms with Crippen LogP contribution in [0.15, 0.2) is 33.8 Å². The van der Waals surface area contributed by atoms with Gasteiger partial charge < -0.3 is 25.2 Å². The molecule has 0 bridgehead atoms. The molecule has 0 aliphatic carbocycles. The molecule has 0 spiro atoms. The van der Waals surface area contributed by atoms with Gasteiger partial charge in [-0.2, -0.15) is 0 Å². The van der Waals surface area contributed by atoms with Crippen molar-refractivity contribution in [3.63, 3.8) is 0 Å². The van der Waals surface area contributed by atoms with Crippen molar-refractivity contribution in [2.45, 2.75) is 59.5 Å². The lowest BCUT2D eigenvalue weighted by Gasteiger charge is -2.32. The molecule has 8 heteroatoms. The largest absolute Gasteiger partial charge is 0.396 e. The molecule has 0 atom stereocenters. The summed E-state index contributed by atoms with van der Waals surface area (Å²) in [5.74, 6) is 2.20. The molecule has 0 unspecified atom stereocenters. The van der Waals surface area contributed by atoms with E-state index in [-0.39, 0.29) is 24.0 Å². The standard InChI is InChI=1S/C24H37N5O2.HI/c1-4-22-21(23(5-2)31-28-22)16-27-24(25-6-3)26-15-18-7-9-20(10-8-18)29-13-11-19(17-30)12-14-29;/h7-10,19,30H,4-6,11-17H2,1-3H3,(H2,25,26,27);1H. The number of rotatable bonds is 9. The third kappa shape index (κ3) is 7.10. The van der Waals surface area contributed by atoms with Crippen LogP contribution >= 0.6 is 24.0 Å². The maximum Gasteiger partial charge on any atom is 0.191 e. The van der Waals surface area contributed by atoms with Gasteiger partial charge in [0.25, 0.3) is 0 Å². The maximum absolute atomic E-state index is 9.32. The number of aliphatic imine (C=N–C) groups is 1. The first kappa shape index (κ1) is 26.4. The van der Waals surface area contributed by atoms with E-state index < -0.39 is 0 Å². The number of piperidine rings is 1. The summed E-state index contributed by atoms with van der Waals surface area (Å²) in [5, 5.41) is 20.3. The number of aryl methyl sites for hydroxylation is 2. The number of benzene rings is 1. The Morgan fingerprint density at radius 2 is 1.84 bits per heavy atom. The van der Waals surface area contributed by atoms with Gasteiger partial charge in [0.15, 0.2) is 5.96 Å². The molecule has 1 aromatic heterocycles. The van der Waals surface area contributed by atoms with E-state index in [0.29, 0.717) is 25.6 Å². The number of anilines is 1. The number of hydrogen-bond donors (Lipinski definition) is 3. The quantitative estimate of drug-likeness (QED) is 0.248. The smallest absolute Gasteiger partial charge is 0.191 e. The van der Waals surface area contributed by atoms with Crippen LogP contribution in [0.4, 0.5) is 5.69 Å². The van der Waals surface area contributed by atoms with E-state index in [1.54, 1.807) is 0 Å². The Morgan fingerprint density at radius 3 is 2.44 bits per heavy atom. The van der Waals surface area contributed by atoms with Crippen molar-refractivity contribution < 1.29 is 9.63 Å². The Balaban J connectivity index is 0.00000363. The van der Waals surface area contributed by atoms with Gasteiger partial charge in [-0.25, -0.2) is 4.99 Å². The van der Waals surface area contributed by atoms with Crippen molar-refractivity contribution >= 4 is 35.6 Å². The van der Waals surface area contributed by atoms with Gasteiger partial charge in [0.2, 0.25) is 0 Å². The first-order valence-electron chi connectivity index (χ1n) is 11.6. The third-order valence-corrected chi connectivity index (χ3v) is 5.98. The van der Waals surface area contributed by atoms with E-state index in [0.717, 1.165) is 68.3 Å². The Labute approximate surface area is 209 Å². The molecule has 7 nitrogen and oxygen atoms in total. The van der Waals surface area contributed by atoms with E-state index >= 15 is 0 Å². The van der Waals surface area contributed by atoms with Crippen LogP contribution in [0.25, 0.3) is 0 Å². The molecule has 3 N–H and O–H groups in total. The van der Waals surface area contributed by atoms with E-state index in [2.05, 4.69) is 65.7 Å². The van der Waals surface area contributed by atoms with Crippen molar-refractivity contribution in [1.29, 1.82) is 0 Å². The van der Waals surface area contributed by atoms with Gasteiger partial charge >= 0.3 is 0 Å². The van der Waals surface area contributed by atoms with E-state index in [1.807, 2.05) is 0 Å². The molecule has 0 saturated carbocycles. The molecule has 1 aliphatic heterocycles. The van der Waals surface area contributed by atoms with Crippen molar-refractivity contribution in [2.24, 2.45) is 10.9 Å². The number of nitrogens with one attached hydrogen (secondary N) is 2. The Morgan fingerprint density at radius 1 is 1.12 bits per heavy atom. The molecule has 3 rings (SSSR count). The second kappa shape index (κ2) is 13.7. The summed E-state index contributed by atoms with van der Waals surface area (Å²) < 4.78 is 5.46. The lowest BCUT2D eigenvalue weighted by molar-refractivity contribution is 0.203. The van der Waals surface area contributed by atoms with Crippen LogP contribution in [0.5, 0.6) is 0 Å². The summed E-state index contributed by atoms with van der Waals surface area (Å²) in [5.41, 5.74) is 4.59. The molecule has 1 saturated heterocycles. The minimum Gasteiger partial charge on any atom is -0.396 e. The number of nitrogens with zero attached hydrogens (tertiary/aromatic N) is 3. The number of halogens is 1. The van der Waals surface area contributed by atoms with E-state index in [9.17, 15) is 5.11 Å². The van der Waals surface area contributed by atoms with Gasteiger partial charge in [0.05, 0.1) is 12.2 Å². The highest BCUT2D eigenvalue weighted by molar-refractivity contribution is 14.0. The minimum atomic E-state index is 0. The van der Waals surface area contributed by atoms with E-state index in [4.69, 9.17) is 9.52 Å². The normalized spacial score (nSPS) is 14.9. The molecule has 0 radical (unpaired) electrons. The fraction of sp³-hybridized carbons (Fsp3) is 0.583. The highest BCUT2D eigenvalue weighted by atomic mass is 127. The second-order valence-corrected chi connectivity index (χ2v) is 8.07. The molecule has 1 aromatic carbocycles. The molecule has 1 aliphatic rings. The van der Waals surface area contributed by atoms with Gasteiger partial charge in [-0.15, -0.1) is 24.0 Å². The van der Waals surface area contributed by atoms with Gasteiger partial charge in [-0.1, -0.05) is 31.1 Å². The molecular formula is C24H38IN5O2. The van der Waals surface area contributed by atoms with Gasteiger partial charge in [-0.3, -0.25) is 0 Å². The predicted octanol–water partition coefficient (Wildman–Crippen LogP) is 3.88. The molecule has 178 valence electrons. The summed E-state index contributed by atoms with van der Waals surface area (Å²) in [6, 6.07) is 8.68. The van der Waals surface area contributed by atoms with Crippen LogP contribution in [-0.2, 0) is 25.9 Å². The summed E-state index contributed by atoms with van der Waals surface area (Å²) in [4.78, 5) is 7.16. The molecule has 2 heterocycles. The molecule has 32 heavy (non-hydrogen) atoms. The average Bonchev–Trinajstić information content (AvgIpc) is 3.23. The Hall–Kier alpha value is -1.81. The number of hydrogen-bond acceptors (Lipinski definition) is 5. The third-order valence-electron chi connectivity index (χ3n) is 5.98. The zero-order valence-corrected chi connectivity index (χ0v) is 21.9. The fourth-order valence-electron chi connectivity index (χ4n) is 4.01. The summed E-state index contributed by atoms with van der Waals surface area (Å²) in [6.07, 6.45) is 3.82. The van der Waals surface area contributed by atoms with Crippen LogP contribution in [-0.4, -0.2) is 42.5 Å². The topological polar surface area (TPSA) is 85.9 Å². The Kier molecular flexibility index (Phi) is 11.3. The second-order valence-electron chi connectivity index (χ2n) is 8.07.